The van der Waals surface area contributed by atoms with Gasteiger partial charge in [0.1, 0.15) is 24.4 Å². The van der Waals surface area contributed by atoms with Gasteiger partial charge >= 0.3 is 12.2 Å². The van der Waals surface area contributed by atoms with Crippen LogP contribution in [0.15, 0.2) is 12.7 Å². The van der Waals surface area contributed by atoms with Crippen LogP contribution < -0.4 is 0 Å². The lowest BCUT2D eigenvalue weighted by Gasteiger charge is -2.58. The van der Waals surface area contributed by atoms with Gasteiger partial charge in [-0.1, -0.05) is 6.08 Å². The number of amides is 2. The third-order valence-electron chi connectivity index (χ3n) is 6.99. The second kappa shape index (κ2) is 9.99. The molecule has 3 rings (SSSR count). The summed E-state index contributed by atoms with van der Waals surface area (Å²) >= 11 is 0. The fourth-order valence-corrected chi connectivity index (χ4v) is 5.04. The van der Waals surface area contributed by atoms with Crippen LogP contribution in [0.1, 0.15) is 26.2 Å². The van der Waals surface area contributed by atoms with Crippen molar-refractivity contribution in [2.24, 2.45) is 0 Å². The van der Waals surface area contributed by atoms with Gasteiger partial charge in [-0.05, 0) is 19.8 Å². The van der Waals surface area contributed by atoms with E-state index in [-0.39, 0.29) is 6.42 Å². The Labute approximate surface area is 203 Å². The first-order chi connectivity index (χ1) is 16.3. The van der Waals surface area contributed by atoms with Crippen LogP contribution >= 0.6 is 0 Å². The lowest BCUT2D eigenvalue weighted by molar-refractivity contribution is -0.433. The monoisotopic (exact) mass is 502 g/mol. The summed E-state index contributed by atoms with van der Waals surface area (Å²) in [5.74, 6) is -3.26. The van der Waals surface area contributed by atoms with E-state index < -0.39 is 72.1 Å². The van der Waals surface area contributed by atoms with Crippen molar-refractivity contribution in [1.29, 1.82) is 0 Å². The number of aliphatic hydroxyl groups is 3. The van der Waals surface area contributed by atoms with Gasteiger partial charge in [-0.2, -0.15) is 0 Å². The topological polar surface area (TPSA) is 165 Å². The first-order valence-corrected chi connectivity index (χ1v) is 11.2. The molecule has 35 heavy (non-hydrogen) atoms. The molecule has 2 aliphatic heterocycles. The van der Waals surface area contributed by atoms with Crippen molar-refractivity contribution in [3.05, 3.63) is 12.7 Å². The van der Waals surface area contributed by atoms with Gasteiger partial charge < -0.3 is 48.8 Å². The van der Waals surface area contributed by atoms with E-state index in [1.54, 1.807) is 13.0 Å². The third kappa shape index (κ3) is 4.63. The summed E-state index contributed by atoms with van der Waals surface area (Å²) in [5.41, 5.74) is -0.998. The van der Waals surface area contributed by atoms with E-state index in [2.05, 4.69) is 6.58 Å². The number of Topliss-reactive ketones (excluding diaryl/α,β-unsaturated/α-hetero) is 1. The number of allylic oxidation sites excluding steroid dienone is 1. The number of carbonyl (C=O) groups is 3. The first-order valence-electron chi connectivity index (χ1n) is 11.2. The molecule has 0 aromatic heterocycles. The number of hydrogen-bond donors (Lipinski definition) is 3. The molecule has 13 heteroatoms. The number of ether oxygens (including phenoxy) is 5. The molecule has 9 atom stereocenters. The smallest absolute Gasteiger partial charge is 0.409 e. The number of rotatable bonds is 5. The SMILES string of the molecule is C=CCCC1(C)CC(=O)C2(O)O[C@@H]3C(N(C)C(=O)OC)C(O)C(N(C)C(=O)OC)[C@H](O)[C@H]3OC2O1. The molecule has 6 unspecified atom stereocenters. The Balaban J connectivity index is 2.02. The zero-order valence-corrected chi connectivity index (χ0v) is 20.4. The van der Waals surface area contributed by atoms with Gasteiger partial charge in [0.2, 0.25) is 6.29 Å². The molecule has 0 spiro atoms. The lowest BCUT2D eigenvalue weighted by Crippen LogP contribution is -2.79. The highest BCUT2D eigenvalue weighted by Crippen LogP contribution is 2.45. The van der Waals surface area contributed by atoms with Crippen LogP contribution in [-0.4, -0.2) is 126 Å². The zero-order valence-electron chi connectivity index (χ0n) is 20.4. The molecule has 0 bridgehead atoms. The predicted octanol–water partition coefficient (Wildman–Crippen LogP) is -0.632. The molecule has 3 fully saturated rings. The molecule has 2 saturated heterocycles. The number of hydrogen-bond acceptors (Lipinski definition) is 11. The molecule has 2 amide bonds. The van der Waals surface area contributed by atoms with Gasteiger partial charge in [-0.3, -0.25) is 4.79 Å². The Morgan fingerprint density at radius 1 is 1.09 bits per heavy atom. The van der Waals surface area contributed by atoms with Gasteiger partial charge in [0, 0.05) is 20.5 Å². The second-order valence-corrected chi connectivity index (χ2v) is 9.33. The minimum absolute atomic E-state index is 0.190. The summed E-state index contributed by atoms with van der Waals surface area (Å²) < 4.78 is 27.2. The minimum atomic E-state index is -2.55. The molecule has 1 saturated carbocycles. The lowest BCUT2D eigenvalue weighted by atomic mass is 9.78. The van der Waals surface area contributed by atoms with Crippen molar-refractivity contribution in [3.63, 3.8) is 0 Å². The highest BCUT2D eigenvalue weighted by molar-refractivity contribution is 5.88. The van der Waals surface area contributed by atoms with Crippen LogP contribution in [0.3, 0.4) is 0 Å². The molecule has 198 valence electrons. The standard InChI is InChI=1S/C22H34N2O11/c1-7-8-9-21(2)10-11(25)22(30)18(35-21)33-17-15(27)12(23(3)19(28)31-5)14(26)13(16(17)34-22)24(4)20(29)32-6/h7,12-18,26-27,30H,1,8-10H2,2-6H3/t12?,13?,14?,15-,16+,17+,18?,21?,22?/m0/s1. The van der Waals surface area contributed by atoms with Crippen LogP contribution in [0.5, 0.6) is 0 Å². The maximum atomic E-state index is 13.1. The van der Waals surface area contributed by atoms with Gasteiger partial charge in [0.25, 0.3) is 5.79 Å². The predicted molar refractivity (Wildman–Crippen MR) is 117 cm³/mol. The first kappa shape index (κ1) is 27.3. The van der Waals surface area contributed by atoms with E-state index in [9.17, 15) is 29.7 Å². The number of fused-ring (bicyclic) bond motifs is 2. The van der Waals surface area contributed by atoms with E-state index in [1.165, 1.54) is 14.1 Å². The van der Waals surface area contributed by atoms with Crippen molar-refractivity contribution in [3.8, 4) is 0 Å². The molecule has 0 aromatic carbocycles. The van der Waals surface area contributed by atoms with Crippen LogP contribution in [0.4, 0.5) is 9.59 Å². The fraction of sp³-hybridized carbons (Fsp3) is 0.773. The zero-order chi connectivity index (χ0) is 26.3. The number of likely N-dealkylation sites (N-methyl/N-ethyl adjacent to an activating group) is 2. The van der Waals surface area contributed by atoms with E-state index >= 15 is 0 Å². The Kier molecular flexibility index (Phi) is 7.79. The summed E-state index contributed by atoms with van der Waals surface area (Å²) in [6.07, 6.45) is -6.82. The van der Waals surface area contributed by atoms with Crippen LogP contribution in [0, 0.1) is 0 Å². The second-order valence-electron chi connectivity index (χ2n) is 9.33. The minimum Gasteiger partial charge on any atom is -0.453 e. The van der Waals surface area contributed by atoms with Gasteiger partial charge in [0.15, 0.2) is 5.78 Å². The van der Waals surface area contributed by atoms with E-state index in [0.29, 0.717) is 12.8 Å². The Morgan fingerprint density at radius 2 is 1.66 bits per heavy atom. The average molecular weight is 503 g/mol. The molecule has 0 aromatic rings. The molecule has 1 aliphatic carbocycles. The molecule has 0 radical (unpaired) electrons. The maximum absolute atomic E-state index is 13.1. The van der Waals surface area contributed by atoms with Crippen molar-refractivity contribution >= 4 is 18.0 Å². The van der Waals surface area contributed by atoms with E-state index in [0.717, 1.165) is 24.0 Å². The van der Waals surface area contributed by atoms with Crippen LogP contribution in [0.2, 0.25) is 0 Å². The van der Waals surface area contributed by atoms with E-state index in [4.69, 9.17) is 23.7 Å². The largest absolute Gasteiger partial charge is 0.453 e. The summed E-state index contributed by atoms with van der Waals surface area (Å²) in [7, 11) is 4.86. The quantitative estimate of drug-likeness (QED) is 0.410. The van der Waals surface area contributed by atoms with E-state index in [1.807, 2.05) is 0 Å². The van der Waals surface area contributed by atoms with Gasteiger partial charge in [0.05, 0.1) is 31.9 Å². The third-order valence-corrected chi connectivity index (χ3v) is 6.99. The Hall–Kier alpha value is -2.29. The Bertz CT molecular complexity index is 855. The average Bonchev–Trinajstić information content (AvgIpc) is 2.81. The van der Waals surface area contributed by atoms with Crippen molar-refractivity contribution in [2.75, 3.05) is 28.3 Å². The molecule has 3 N–H and O–H groups in total. The number of carbonyl (C=O) groups excluding carboxylic acids is 3. The number of nitrogens with zero attached hydrogens (tertiary/aromatic N) is 2. The molecule has 2 heterocycles. The van der Waals surface area contributed by atoms with Gasteiger partial charge in [-0.25, -0.2) is 9.59 Å². The highest BCUT2D eigenvalue weighted by Gasteiger charge is 2.67. The molecular formula is C22H34N2O11. The molecule has 13 nitrogen and oxygen atoms in total. The number of ketones is 1. The molecular weight excluding hydrogens is 468 g/mol. The summed E-state index contributed by atoms with van der Waals surface area (Å²) in [6.45, 7) is 5.35. The summed E-state index contributed by atoms with van der Waals surface area (Å²) in [4.78, 5) is 39.6. The van der Waals surface area contributed by atoms with Crippen LogP contribution in [0.25, 0.3) is 0 Å². The Morgan fingerprint density at radius 3 is 2.20 bits per heavy atom. The normalized spacial score (nSPS) is 40.7. The van der Waals surface area contributed by atoms with Crippen LogP contribution in [-0.2, 0) is 28.5 Å². The van der Waals surface area contributed by atoms with Gasteiger partial charge in [-0.15, -0.1) is 6.58 Å². The number of aliphatic hydroxyl groups excluding tert-OH is 2. The van der Waals surface area contributed by atoms with Crippen molar-refractivity contribution in [1.82, 2.24) is 9.80 Å². The summed E-state index contributed by atoms with van der Waals surface area (Å²) in [5, 5.41) is 33.6. The number of methoxy groups -OCH3 is 2. The maximum Gasteiger partial charge on any atom is 0.409 e. The molecule has 3 aliphatic rings. The fourth-order valence-electron chi connectivity index (χ4n) is 5.04. The summed E-state index contributed by atoms with van der Waals surface area (Å²) in [6, 6.07) is -2.62. The van der Waals surface area contributed by atoms with Crippen molar-refractivity contribution < 1.29 is 53.4 Å². The van der Waals surface area contributed by atoms with Crippen molar-refractivity contribution in [2.45, 2.75) is 80.4 Å². The highest BCUT2D eigenvalue weighted by atomic mass is 16.8.